The SMILES string of the molecule is C=CCN1CC2CC([C@H]3O[C@@H]4OC(C)(C)O[C@@H]4[C@@H]31)N(Cc1ccccc1)O2. The molecule has 1 aromatic rings. The van der Waals surface area contributed by atoms with Gasteiger partial charge in [-0.3, -0.25) is 9.74 Å². The third-order valence-corrected chi connectivity index (χ3v) is 6.00. The average molecular weight is 372 g/mol. The molecule has 4 aliphatic heterocycles. The highest BCUT2D eigenvalue weighted by molar-refractivity contribution is 5.15. The Labute approximate surface area is 160 Å². The van der Waals surface area contributed by atoms with Crippen LogP contribution in [0, 0.1) is 0 Å². The summed E-state index contributed by atoms with van der Waals surface area (Å²) in [6, 6.07) is 10.8. The van der Waals surface area contributed by atoms with E-state index in [0.29, 0.717) is 0 Å². The second kappa shape index (κ2) is 6.65. The molecule has 2 unspecified atom stereocenters. The first-order chi connectivity index (χ1) is 13.0. The van der Waals surface area contributed by atoms with Crippen LogP contribution < -0.4 is 0 Å². The molecule has 146 valence electrons. The van der Waals surface area contributed by atoms with Gasteiger partial charge >= 0.3 is 0 Å². The minimum absolute atomic E-state index is 0.00716. The van der Waals surface area contributed by atoms with Gasteiger partial charge in [0.25, 0.3) is 0 Å². The maximum atomic E-state index is 6.43. The maximum absolute atomic E-state index is 6.43. The van der Waals surface area contributed by atoms with E-state index in [-0.39, 0.29) is 36.7 Å². The number of ether oxygens (including phenoxy) is 3. The van der Waals surface area contributed by atoms with Crippen molar-refractivity contribution in [2.45, 2.75) is 69.3 Å². The summed E-state index contributed by atoms with van der Waals surface area (Å²) in [5.74, 6) is -0.605. The Balaban J connectivity index is 1.42. The minimum atomic E-state index is -0.605. The summed E-state index contributed by atoms with van der Waals surface area (Å²) in [5.41, 5.74) is 1.25. The lowest BCUT2D eigenvalue weighted by Gasteiger charge is -2.39. The van der Waals surface area contributed by atoms with Crippen molar-refractivity contribution in [1.82, 2.24) is 9.96 Å². The quantitative estimate of drug-likeness (QED) is 0.756. The molecule has 0 amide bonds. The van der Waals surface area contributed by atoms with Crippen LogP contribution in [0.2, 0.25) is 0 Å². The Kier molecular flexibility index (Phi) is 4.39. The van der Waals surface area contributed by atoms with Crippen molar-refractivity contribution in [3.8, 4) is 0 Å². The van der Waals surface area contributed by atoms with Crippen molar-refractivity contribution in [3.05, 3.63) is 48.6 Å². The van der Waals surface area contributed by atoms with Gasteiger partial charge in [-0.1, -0.05) is 36.4 Å². The van der Waals surface area contributed by atoms with Gasteiger partial charge in [0.15, 0.2) is 12.1 Å². The van der Waals surface area contributed by atoms with Gasteiger partial charge in [0.2, 0.25) is 0 Å². The maximum Gasteiger partial charge on any atom is 0.189 e. The number of benzene rings is 1. The number of rotatable bonds is 4. The molecule has 4 saturated heterocycles. The average Bonchev–Trinajstić information content (AvgIpc) is 3.21. The van der Waals surface area contributed by atoms with E-state index in [1.54, 1.807) is 0 Å². The normalized spacial score (nSPS) is 40.5. The molecule has 0 saturated carbocycles. The molecule has 5 rings (SSSR count). The first-order valence-corrected chi connectivity index (χ1v) is 9.87. The molecule has 6 atom stereocenters. The molecule has 0 radical (unpaired) electrons. The van der Waals surface area contributed by atoms with Crippen molar-refractivity contribution in [2.24, 2.45) is 0 Å². The molecule has 0 spiro atoms. The number of hydrogen-bond donors (Lipinski definition) is 0. The van der Waals surface area contributed by atoms with Crippen LogP contribution >= 0.6 is 0 Å². The van der Waals surface area contributed by atoms with Crippen LogP contribution in [0.3, 0.4) is 0 Å². The van der Waals surface area contributed by atoms with Crippen molar-refractivity contribution in [1.29, 1.82) is 0 Å². The summed E-state index contributed by atoms with van der Waals surface area (Å²) < 4.78 is 18.7. The number of fused-ring (bicyclic) bond motifs is 6. The topological polar surface area (TPSA) is 43.4 Å². The number of hydrogen-bond acceptors (Lipinski definition) is 6. The smallest absolute Gasteiger partial charge is 0.189 e. The molecule has 4 fully saturated rings. The van der Waals surface area contributed by atoms with E-state index < -0.39 is 5.79 Å². The molecular weight excluding hydrogens is 344 g/mol. The van der Waals surface area contributed by atoms with Gasteiger partial charge < -0.3 is 14.2 Å². The lowest BCUT2D eigenvalue weighted by molar-refractivity contribution is -0.242. The van der Waals surface area contributed by atoms with Crippen LogP contribution in [0.15, 0.2) is 43.0 Å². The third kappa shape index (κ3) is 3.14. The Hall–Kier alpha value is -1.28. The highest BCUT2D eigenvalue weighted by atomic mass is 16.8. The summed E-state index contributed by atoms with van der Waals surface area (Å²) in [6.45, 7) is 10.3. The lowest BCUT2D eigenvalue weighted by atomic mass is 9.98. The Morgan fingerprint density at radius 3 is 2.78 bits per heavy atom. The van der Waals surface area contributed by atoms with Crippen molar-refractivity contribution >= 4 is 0 Å². The summed E-state index contributed by atoms with van der Waals surface area (Å²) in [7, 11) is 0. The van der Waals surface area contributed by atoms with Gasteiger partial charge in [-0.25, -0.2) is 0 Å². The fourth-order valence-electron chi connectivity index (χ4n) is 5.02. The van der Waals surface area contributed by atoms with E-state index in [1.165, 1.54) is 5.56 Å². The lowest BCUT2D eigenvalue weighted by Crippen LogP contribution is -2.55. The molecular formula is C21H28N2O4. The van der Waals surface area contributed by atoms with E-state index in [1.807, 2.05) is 26.0 Å². The van der Waals surface area contributed by atoms with E-state index in [9.17, 15) is 0 Å². The number of likely N-dealkylation sites (tertiary alicyclic amines) is 1. The molecule has 4 heterocycles. The van der Waals surface area contributed by atoms with Crippen LogP contribution in [0.5, 0.6) is 0 Å². The molecule has 0 aliphatic carbocycles. The second-order valence-corrected chi connectivity index (χ2v) is 8.39. The van der Waals surface area contributed by atoms with Crippen molar-refractivity contribution in [3.63, 3.8) is 0 Å². The third-order valence-electron chi connectivity index (χ3n) is 6.00. The molecule has 2 bridgehead atoms. The van der Waals surface area contributed by atoms with Crippen LogP contribution in [-0.2, 0) is 25.6 Å². The van der Waals surface area contributed by atoms with Crippen LogP contribution in [0.4, 0.5) is 0 Å². The second-order valence-electron chi connectivity index (χ2n) is 8.39. The summed E-state index contributed by atoms with van der Waals surface area (Å²) in [6.07, 6.45) is 2.67. The Bertz CT molecular complexity index is 697. The summed E-state index contributed by atoms with van der Waals surface area (Å²) in [5, 5.41) is 2.12. The van der Waals surface area contributed by atoms with Gasteiger partial charge in [0.05, 0.1) is 24.3 Å². The first kappa shape index (κ1) is 17.8. The predicted octanol–water partition coefficient (Wildman–Crippen LogP) is 2.31. The molecule has 6 nitrogen and oxygen atoms in total. The first-order valence-electron chi connectivity index (χ1n) is 9.87. The van der Waals surface area contributed by atoms with Crippen LogP contribution in [0.1, 0.15) is 25.8 Å². The highest BCUT2D eigenvalue weighted by Crippen LogP contribution is 2.45. The van der Waals surface area contributed by atoms with Gasteiger partial charge in [-0.05, 0) is 25.8 Å². The molecule has 4 aliphatic rings. The molecule has 0 aromatic heterocycles. The molecule has 6 heteroatoms. The fourth-order valence-corrected chi connectivity index (χ4v) is 5.02. The van der Waals surface area contributed by atoms with Gasteiger partial charge in [-0.15, -0.1) is 6.58 Å². The van der Waals surface area contributed by atoms with Crippen LogP contribution in [-0.4, -0.2) is 65.5 Å². The molecule has 1 aromatic carbocycles. The monoisotopic (exact) mass is 372 g/mol. The largest absolute Gasteiger partial charge is 0.343 e. The van der Waals surface area contributed by atoms with Crippen molar-refractivity contribution < 1.29 is 19.0 Å². The zero-order valence-corrected chi connectivity index (χ0v) is 16.0. The number of hydroxylamine groups is 2. The fraction of sp³-hybridized carbons (Fsp3) is 0.619. The summed E-state index contributed by atoms with van der Waals surface area (Å²) >= 11 is 0. The zero-order chi connectivity index (χ0) is 18.6. The van der Waals surface area contributed by atoms with Crippen LogP contribution in [0.25, 0.3) is 0 Å². The number of nitrogens with zero attached hydrogens (tertiary/aromatic N) is 2. The van der Waals surface area contributed by atoms with E-state index in [4.69, 9.17) is 19.0 Å². The highest BCUT2D eigenvalue weighted by Gasteiger charge is 2.61. The summed E-state index contributed by atoms with van der Waals surface area (Å²) in [4.78, 5) is 8.71. The van der Waals surface area contributed by atoms with Gasteiger partial charge in [0.1, 0.15) is 6.10 Å². The molecule has 0 N–H and O–H groups in total. The minimum Gasteiger partial charge on any atom is -0.343 e. The van der Waals surface area contributed by atoms with E-state index >= 15 is 0 Å². The standard InChI is InChI=1S/C21H28N2O4/c1-4-10-22-13-15-11-16(23(27-15)12-14-8-6-5-7-9-14)18-17(22)19-20(24-18)26-21(2,3)25-19/h4-9,15-20H,1,10-13H2,2-3H3/t15?,16?,17-,18-,19-,20-/m1/s1. The van der Waals surface area contributed by atoms with Gasteiger partial charge in [0, 0.05) is 19.6 Å². The Morgan fingerprint density at radius 2 is 2.00 bits per heavy atom. The Morgan fingerprint density at radius 1 is 1.19 bits per heavy atom. The van der Waals surface area contributed by atoms with Crippen molar-refractivity contribution in [2.75, 3.05) is 13.1 Å². The van der Waals surface area contributed by atoms with E-state index in [2.05, 4.69) is 40.8 Å². The molecule has 27 heavy (non-hydrogen) atoms. The zero-order valence-electron chi connectivity index (χ0n) is 16.0. The van der Waals surface area contributed by atoms with E-state index in [0.717, 1.165) is 26.1 Å². The van der Waals surface area contributed by atoms with Gasteiger partial charge in [-0.2, -0.15) is 5.06 Å². The predicted molar refractivity (Wildman–Crippen MR) is 99.5 cm³/mol.